The molecule has 33 heavy (non-hydrogen) atoms. The summed E-state index contributed by atoms with van der Waals surface area (Å²) < 4.78 is 11.9. The second-order valence-corrected chi connectivity index (χ2v) is 13.5. The van der Waals surface area contributed by atoms with Gasteiger partial charge >= 0.3 is 11.9 Å². The fourth-order valence-electron chi connectivity index (χ4n) is 9.83. The Morgan fingerprint density at radius 1 is 0.970 bits per heavy atom. The van der Waals surface area contributed by atoms with Crippen LogP contribution in [0.25, 0.3) is 0 Å². The Kier molecular flexibility index (Phi) is 5.10. The summed E-state index contributed by atoms with van der Waals surface area (Å²) in [6.07, 6.45) is 13.9. The number of hydrogen-bond acceptors (Lipinski definition) is 4. The molecule has 0 aromatic carbocycles. The maximum absolute atomic E-state index is 13.3. The number of carbonyl (C=O) groups excluding carboxylic acids is 2. The van der Waals surface area contributed by atoms with Crippen molar-refractivity contribution in [1.29, 1.82) is 0 Å². The van der Waals surface area contributed by atoms with Crippen LogP contribution in [-0.4, -0.2) is 24.1 Å². The molecule has 4 nitrogen and oxygen atoms in total. The maximum atomic E-state index is 13.3. The van der Waals surface area contributed by atoms with Gasteiger partial charge in [-0.25, -0.2) is 0 Å². The third kappa shape index (κ3) is 3.44. The summed E-state index contributed by atoms with van der Waals surface area (Å²) in [6, 6.07) is 0. The number of carbonyl (C=O) groups is 2. The normalized spacial score (nSPS) is 47.2. The molecule has 6 aliphatic carbocycles. The molecule has 5 saturated carbocycles. The summed E-state index contributed by atoms with van der Waals surface area (Å²) in [6.45, 7) is 8.62. The van der Waals surface area contributed by atoms with Gasteiger partial charge < -0.3 is 9.47 Å². The lowest BCUT2D eigenvalue weighted by Crippen LogP contribution is -2.38. The Bertz CT molecular complexity index is 854. The number of fused-ring (bicyclic) bond motifs is 11. The molecular formula is C29H42O4. The second-order valence-electron chi connectivity index (χ2n) is 13.5. The van der Waals surface area contributed by atoms with Gasteiger partial charge in [0.05, 0.1) is 18.4 Å². The van der Waals surface area contributed by atoms with E-state index in [0.717, 1.165) is 61.7 Å². The Hall–Kier alpha value is -1.32. The van der Waals surface area contributed by atoms with E-state index in [1.165, 1.54) is 19.3 Å². The van der Waals surface area contributed by atoms with E-state index in [1.807, 2.05) is 20.8 Å². The summed E-state index contributed by atoms with van der Waals surface area (Å²) in [4.78, 5) is 26.1. The van der Waals surface area contributed by atoms with Gasteiger partial charge in [0.15, 0.2) is 0 Å². The zero-order valence-electron chi connectivity index (χ0n) is 20.9. The molecule has 182 valence electrons. The van der Waals surface area contributed by atoms with Gasteiger partial charge in [0.2, 0.25) is 0 Å². The molecule has 5 fully saturated rings. The fourth-order valence-corrected chi connectivity index (χ4v) is 9.83. The minimum absolute atomic E-state index is 0.0163. The molecule has 0 spiro atoms. The molecule has 0 heterocycles. The zero-order chi connectivity index (χ0) is 23.1. The molecular weight excluding hydrogens is 412 g/mol. The van der Waals surface area contributed by atoms with E-state index in [4.69, 9.17) is 9.47 Å². The minimum Gasteiger partial charge on any atom is -0.465 e. The van der Waals surface area contributed by atoms with Gasteiger partial charge in [-0.2, -0.15) is 0 Å². The van der Waals surface area contributed by atoms with Crippen molar-refractivity contribution in [2.75, 3.05) is 6.61 Å². The first-order chi connectivity index (χ1) is 15.7. The summed E-state index contributed by atoms with van der Waals surface area (Å²) in [5, 5.41) is 0. The molecule has 0 amide bonds. The highest BCUT2D eigenvalue weighted by Gasteiger charge is 2.63. The predicted molar refractivity (Wildman–Crippen MR) is 126 cm³/mol. The highest BCUT2D eigenvalue weighted by atomic mass is 16.6. The standard InChI is InChI=1S/C29H42O4/c1-5-20(29-9-8-18(13-29)23(14-29)27(31)33-28(2,3)4)15-32-26(30)22-12-19-11-21(22)25-17-7-6-16(10-17)24(19)25/h6-7,16-25H,5,8-15H2,1-4H3. The van der Waals surface area contributed by atoms with Crippen LogP contribution in [0.1, 0.15) is 79.1 Å². The molecule has 0 aliphatic heterocycles. The monoisotopic (exact) mass is 454 g/mol. The van der Waals surface area contributed by atoms with E-state index < -0.39 is 5.60 Å². The third-order valence-corrected chi connectivity index (χ3v) is 10.9. The van der Waals surface area contributed by atoms with Crippen LogP contribution in [0.3, 0.4) is 0 Å². The van der Waals surface area contributed by atoms with Crippen LogP contribution in [0.4, 0.5) is 0 Å². The molecule has 11 unspecified atom stereocenters. The van der Waals surface area contributed by atoms with E-state index in [2.05, 4.69) is 19.1 Å². The van der Waals surface area contributed by atoms with Gasteiger partial charge in [0.1, 0.15) is 5.60 Å². The van der Waals surface area contributed by atoms with E-state index in [9.17, 15) is 9.59 Å². The predicted octanol–water partition coefficient (Wildman–Crippen LogP) is 5.80. The maximum Gasteiger partial charge on any atom is 0.309 e. The Labute approximate surface area is 199 Å². The first-order valence-corrected chi connectivity index (χ1v) is 13.8. The van der Waals surface area contributed by atoms with Crippen LogP contribution in [0, 0.1) is 64.6 Å². The first kappa shape index (κ1) is 22.2. The average Bonchev–Trinajstić information content (AvgIpc) is 3.58. The number of ether oxygens (including phenoxy) is 2. The van der Waals surface area contributed by atoms with Gasteiger partial charge in [0.25, 0.3) is 0 Å². The van der Waals surface area contributed by atoms with Crippen molar-refractivity contribution in [3.05, 3.63) is 12.2 Å². The minimum atomic E-state index is -0.431. The van der Waals surface area contributed by atoms with Crippen molar-refractivity contribution in [3.8, 4) is 0 Å². The smallest absolute Gasteiger partial charge is 0.309 e. The lowest BCUT2D eigenvalue weighted by atomic mass is 9.69. The van der Waals surface area contributed by atoms with Crippen LogP contribution >= 0.6 is 0 Å². The van der Waals surface area contributed by atoms with E-state index in [0.29, 0.717) is 24.4 Å². The molecule has 6 bridgehead atoms. The molecule has 6 aliphatic rings. The fraction of sp³-hybridized carbons (Fsp3) is 0.862. The van der Waals surface area contributed by atoms with E-state index in [1.54, 1.807) is 0 Å². The number of esters is 2. The average molecular weight is 455 g/mol. The Balaban J connectivity index is 1.08. The molecule has 0 N–H and O–H groups in total. The van der Waals surface area contributed by atoms with Crippen LogP contribution < -0.4 is 0 Å². The SMILES string of the molecule is CCC(COC(=O)C1CC2CC1C1C3C=CC(C3)C21)C12CCC(C1)C(C(=O)OC(C)(C)C)C2. The quantitative estimate of drug-likeness (QED) is 0.289. The molecule has 4 heteroatoms. The Morgan fingerprint density at radius 2 is 1.73 bits per heavy atom. The van der Waals surface area contributed by atoms with Crippen molar-refractivity contribution in [3.63, 3.8) is 0 Å². The molecule has 6 rings (SSSR count). The molecule has 11 atom stereocenters. The van der Waals surface area contributed by atoms with Crippen molar-refractivity contribution >= 4 is 11.9 Å². The van der Waals surface area contributed by atoms with Crippen molar-refractivity contribution in [1.82, 2.24) is 0 Å². The van der Waals surface area contributed by atoms with Gasteiger partial charge in [-0.3, -0.25) is 9.59 Å². The topological polar surface area (TPSA) is 52.6 Å². The van der Waals surface area contributed by atoms with E-state index >= 15 is 0 Å². The summed E-state index contributed by atoms with van der Waals surface area (Å²) in [5.74, 6) is 5.46. The number of allylic oxidation sites excluding steroid dienone is 2. The largest absolute Gasteiger partial charge is 0.465 e. The van der Waals surface area contributed by atoms with Gasteiger partial charge in [-0.15, -0.1) is 0 Å². The first-order valence-electron chi connectivity index (χ1n) is 13.8. The second kappa shape index (κ2) is 7.59. The van der Waals surface area contributed by atoms with Gasteiger partial charge in [-0.1, -0.05) is 19.1 Å². The molecule has 0 saturated heterocycles. The number of hydrogen-bond donors (Lipinski definition) is 0. The lowest BCUT2D eigenvalue weighted by Gasteiger charge is -2.38. The highest BCUT2D eigenvalue weighted by molar-refractivity contribution is 5.74. The molecule has 0 radical (unpaired) electrons. The highest BCUT2D eigenvalue weighted by Crippen LogP contribution is 2.67. The molecule has 0 aromatic heterocycles. The van der Waals surface area contributed by atoms with Crippen LogP contribution in [0.15, 0.2) is 12.2 Å². The van der Waals surface area contributed by atoms with Crippen molar-refractivity contribution in [2.45, 2.75) is 84.7 Å². The molecule has 0 aromatic rings. The zero-order valence-corrected chi connectivity index (χ0v) is 20.9. The van der Waals surface area contributed by atoms with Crippen LogP contribution in [-0.2, 0) is 19.1 Å². The third-order valence-electron chi connectivity index (χ3n) is 10.9. The summed E-state index contributed by atoms with van der Waals surface area (Å²) in [7, 11) is 0. The van der Waals surface area contributed by atoms with Gasteiger partial charge in [0, 0.05) is 0 Å². The van der Waals surface area contributed by atoms with Crippen molar-refractivity contribution in [2.24, 2.45) is 64.6 Å². The van der Waals surface area contributed by atoms with E-state index in [-0.39, 0.29) is 29.2 Å². The summed E-state index contributed by atoms with van der Waals surface area (Å²) in [5.41, 5.74) is -0.281. The summed E-state index contributed by atoms with van der Waals surface area (Å²) >= 11 is 0. The lowest BCUT2D eigenvalue weighted by molar-refractivity contribution is -0.163. The van der Waals surface area contributed by atoms with Gasteiger partial charge in [-0.05, 0) is 125 Å². The Morgan fingerprint density at radius 3 is 2.45 bits per heavy atom. The van der Waals surface area contributed by atoms with Crippen molar-refractivity contribution < 1.29 is 19.1 Å². The van der Waals surface area contributed by atoms with Crippen LogP contribution in [0.5, 0.6) is 0 Å². The number of rotatable bonds is 6. The van der Waals surface area contributed by atoms with Crippen LogP contribution in [0.2, 0.25) is 0 Å².